The fourth-order valence-corrected chi connectivity index (χ4v) is 4.55. The molecule has 220 valence electrons. The van der Waals surface area contributed by atoms with Crippen LogP contribution in [0, 0.1) is 13.8 Å². The molecule has 0 aliphatic carbocycles. The second-order valence-corrected chi connectivity index (χ2v) is 13.5. The van der Waals surface area contributed by atoms with Crippen LogP contribution in [0.3, 0.4) is 0 Å². The van der Waals surface area contributed by atoms with E-state index in [0.29, 0.717) is 5.56 Å². The molecule has 0 aromatic heterocycles. The number of nitrogens with one attached hydrogen (secondary N) is 2. The number of phenolic OH excluding ortho intramolecular Hbond substituents is 1. The molecule has 2 atom stereocenters. The highest BCUT2D eigenvalue weighted by molar-refractivity contribution is 5.93. The number of aryl methyl sites for hydroxylation is 2. The SMILES string of the molecule is Cc1cc(C)cc(C(C(=O)NC(C)(C)C)N(C(=O)C(Cc2ccc(O)cc2)NC(=O)OC(C)(C)C)C(C)(C)C)c1. The van der Waals surface area contributed by atoms with Crippen molar-refractivity contribution < 1.29 is 24.2 Å². The average Bonchev–Trinajstić information content (AvgIpc) is 2.73. The first-order valence-electron chi connectivity index (χ1n) is 13.7. The lowest BCUT2D eigenvalue weighted by Gasteiger charge is -2.44. The van der Waals surface area contributed by atoms with Gasteiger partial charge < -0.3 is 25.4 Å². The lowest BCUT2D eigenvalue weighted by Crippen LogP contribution is -2.60. The molecule has 0 spiro atoms. The first kappa shape index (κ1) is 32.7. The molecule has 0 bridgehead atoms. The monoisotopic (exact) mass is 553 g/mol. The predicted octanol–water partition coefficient (Wildman–Crippen LogP) is 5.73. The van der Waals surface area contributed by atoms with Gasteiger partial charge in [-0.15, -0.1) is 0 Å². The molecule has 0 fully saturated rings. The summed E-state index contributed by atoms with van der Waals surface area (Å²) in [6.45, 7) is 20.4. The summed E-state index contributed by atoms with van der Waals surface area (Å²) >= 11 is 0. The zero-order valence-electron chi connectivity index (χ0n) is 25.9. The van der Waals surface area contributed by atoms with Crippen molar-refractivity contribution >= 4 is 17.9 Å². The largest absolute Gasteiger partial charge is 0.508 e. The summed E-state index contributed by atoms with van der Waals surface area (Å²) in [5.74, 6) is -0.655. The molecule has 2 unspecified atom stereocenters. The Balaban J connectivity index is 2.68. The maximum atomic E-state index is 14.5. The van der Waals surface area contributed by atoms with E-state index in [1.165, 1.54) is 12.1 Å². The summed E-state index contributed by atoms with van der Waals surface area (Å²) in [6.07, 6.45) is -0.605. The highest BCUT2D eigenvalue weighted by Crippen LogP contribution is 2.32. The van der Waals surface area contributed by atoms with Crippen LogP contribution >= 0.6 is 0 Å². The van der Waals surface area contributed by atoms with Crippen molar-refractivity contribution in [1.82, 2.24) is 15.5 Å². The maximum Gasteiger partial charge on any atom is 0.408 e. The number of aromatic hydroxyl groups is 1. The number of benzene rings is 2. The molecule has 0 heterocycles. The third-order valence-corrected chi connectivity index (χ3v) is 5.89. The van der Waals surface area contributed by atoms with Crippen LogP contribution in [0.25, 0.3) is 0 Å². The number of hydrogen-bond donors (Lipinski definition) is 3. The van der Waals surface area contributed by atoms with E-state index < -0.39 is 40.8 Å². The summed E-state index contributed by atoms with van der Waals surface area (Å²) in [5, 5.41) is 15.6. The number of phenols is 1. The van der Waals surface area contributed by atoms with E-state index >= 15 is 0 Å². The van der Waals surface area contributed by atoms with Gasteiger partial charge >= 0.3 is 6.09 Å². The number of alkyl carbamates (subject to hydrolysis) is 1. The van der Waals surface area contributed by atoms with Crippen molar-refractivity contribution in [2.45, 2.75) is 111 Å². The van der Waals surface area contributed by atoms with E-state index in [0.717, 1.165) is 16.7 Å². The predicted molar refractivity (Wildman–Crippen MR) is 158 cm³/mol. The molecular weight excluding hydrogens is 506 g/mol. The van der Waals surface area contributed by atoms with Gasteiger partial charge in [-0.2, -0.15) is 0 Å². The molecule has 2 aromatic carbocycles. The van der Waals surface area contributed by atoms with Gasteiger partial charge in [-0.05, 0) is 99.4 Å². The second-order valence-electron chi connectivity index (χ2n) is 13.5. The molecule has 40 heavy (non-hydrogen) atoms. The molecule has 2 aromatic rings. The van der Waals surface area contributed by atoms with Crippen LogP contribution in [0.4, 0.5) is 4.79 Å². The van der Waals surface area contributed by atoms with Gasteiger partial charge in [-0.25, -0.2) is 4.79 Å². The molecular formula is C32H47N3O5. The van der Waals surface area contributed by atoms with Gasteiger partial charge in [0, 0.05) is 17.5 Å². The quantitative estimate of drug-likeness (QED) is 0.406. The third-order valence-electron chi connectivity index (χ3n) is 5.89. The van der Waals surface area contributed by atoms with Gasteiger partial charge in [-0.3, -0.25) is 9.59 Å². The van der Waals surface area contributed by atoms with Gasteiger partial charge in [0.15, 0.2) is 0 Å². The van der Waals surface area contributed by atoms with E-state index in [4.69, 9.17) is 4.74 Å². The van der Waals surface area contributed by atoms with E-state index in [9.17, 15) is 19.5 Å². The Morgan fingerprint density at radius 3 is 1.85 bits per heavy atom. The first-order chi connectivity index (χ1) is 18.2. The van der Waals surface area contributed by atoms with Crippen molar-refractivity contribution in [2.24, 2.45) is 0 Å². The Labute approximate surface area is 239 Å². The minimum atomic E-state index is -1.05. The Kier molecular flexibility index (Phi) is 10.1. The average molecular weight is 554 g/mol. The number of carbonyl (C=O) groups is 3. The van der Waals surface area contributed by atoms with E-state index in [-0.39, 0.29) is 18.1 Å². The molecule has 3 amide bonds. The van der Waals surface area contributed by atoms with Crippen LogP contribution in [-0.2, 0) is 20.7 Å². The molecule has 0 radical (unpaired) electrons. The van der Waals surface area contributed by atoms with Crippen LogP contribution in [0.2, 0.25) is 0 Å². The smallest absolute Gasteiger partial charge is 0.408 e. The van der Waals surface area contributed by atoms with Gasteiger partial charge in [0.25, 0.3) is 0 Å². The summed E-state index contributed by atoms with van der Waals surface area (Å²) in [4.78, 5) is 43.0. The summed E-state index contributed by atoms with van der Waals surface area (Å²) in [5.41, 5.74) is 1.23. The van der Waals surface area contributed by atoms with Crippen LogP contribution in [-0.4, -0.2) is 50.6 Å². The number of ether oxygens (including phenoxy) is 1. The molecule has 0 saturated heterocycles. The fourth-order valence-electron chi connectivity index (χ4n) is 4.55. The summed E-state index contributed by atoms with van der Waals surface area (Å²) in [7, 11) is 0. The van der Waals surface area contributed by atoms with Gasteiger partial charge in [-0.1, -0.05) is 41.5 Å². The van der Waals surface area contributed by atoms with Gasteiger partial charge in [0.2, 0.25) is 11.8 Å². The van der Waals surface area contributed by atoms with Crippen LogP contribution in [0.15, 0.2) is 42.5 Å². The molecule has 2 rings (SSSR count). The molecule has 0 aliphatic rings. The maximum absolute atomic E-state index is 14.5. The van der Waals surface area contributed by atoms with Crippen LogP contribution < -0.4 is 10.6 Å². The minimum absolute atomic E-state index is 0.0942. The minimum Gasteiger partial charge on any atom is -0.508 e. The first-order valence-corrected chi connectivity index (χ1v) is 13.7. The fraction of sp³-hybridized carbons (Fsp3) is 0.531. The molecule has 8 nitrogen and oxygen atoms in total. The lowest BCUT2D eigenvalue weighted by molar-refractivity contribution is -0.149. The normalized spacial score (nSPS) is 13.7. The number of carbonyl (C=O) groups excluding carboxylic acids is 3. The van der Waals surface area contributed by atoms with Crippen molar-refractivity contribution in [3.05, 3.63) is 64.7 Å². The lowest BCUT2D eigenvalue weighted by atomic mass is 9.92. The standard InChI is InChI=1S/C32H47N3O5/c1-20-16-21(2)18-23(17-20)26(27(37)34-30(3,4)5)35(31(6,7)8)28(38)25(33-29(39)40-32(9,10)11)19-22-12-14-24(36)15-13-22/h12-18,25-26,36H,19H2,1-11H3,(H,33,39)(H,34,37). The third kappa shape index (κ3) is 9.88. The molecule has 0 saturated carbocycles. The van der Waals surface area contributed by atoms with Crippen molar-refractivity contribution in [2.75, 3.05) is 0 Å². The zero-order chi connectivity index (χ0) is 30.6. The molecule has 0 aliphatic heterocycles. The highest BCUT2D eigenvalue weighted by atomic mass is 16.6. The Hall–Kier alpha value is -3.55. The highest BCUT2D eigenvalue weighted by Gasteiger charge is 2.42. The van der Waals surface area contributed by atoms with E-state index in [1.807, 2.05) is 73.6 Å². The summed E-state index contributed by atoms with van der Waals surface area (Å²) < 4.78 is 5.49. The molecule has 3 N–H and O–H groups in total. The van der Waals surface area contributed by atoms with Crippen LogP contribution in [0.1, 0.15) is 90.6 Å². The topological polar surface area (TPSA) is 108 Å². The van der Waals surface area contributed by atoms with Crippen LogP contribution in [0.5, 0.6) is 5.75 Å². The Morgan fingerprint density at radius 1 is 0.875 bits per heavy atom. The number of rotatable bonds is 7. The van der Waals surface area contributed by atoms with Crippen molar-refractivity contribution in [3.8, 4) is 5.75 Å². The van der Waals surface area contributed by atoms with Gasteiger partial charge in [0.1, 0.15) is 23.4 Å². The van der Waals surface area contributed by atoms with E-state index in [1.54, 1.807) is 37.8 Å². The number of nitrogens with zero attached hydrogens (tertiary/aromatic N) is 1. The van der Waals surface area contributed by atoms with E-state index in [2.05, 4.69) is 10.6 Å². The second kappa shape index (κ2) is 12.3. The Bertz CT molecular complexity index is 1180. The van der Waals surface area contributed by atoms with Crippen molar-refractivity contribution in [3.63, 3.8) is 0 Å². The van der Waals surface area contributed by atoms with Crippen molar-refractivity contribution in [1.29, 1.82) is 0 Å². The number of amides is 3. The van der Waals surface area contributed by atoms with Gasteiger partial charge in [0.05, 0.1) is 0 Å². The number of hydrogen-bond acceptors (Lipinski definition) is 5. The zero-order valence-corrected chi connectivity index (χ0v) is 25.9. The molecule has 8 heteroatoms. The summed E-state index contributed by atoms with van der Waals surface area (Å²) in [6, 6.07) is 10.3. The Morgan fingerprint density at radius 2 is 1.40 bits per heavy atom.